The van der Waals surface area contributed by atoms with Gasteiger partial charge in [0.2, 0.25) is 0 Å². The largest absolute Gasteiger partial charge is 0.383 e. The van der Waals surface area contributed by atoms with Crippen molar-refractivity contribution in [3.63, 3.8) is 0 Å². The molecule has 0 heterocycles. The van der Waals surface area contributed by atoms with Crippen LogP contribution in [0.3, 0.4) is 0 Å². The Morgan fingerprint density at radius 2 is 1.83 bits per heavy atom. The van der Waals surface area contributed by atoms with E-state index >= 15 is 0 Å². The van der Waals surface area contributed by atoms with E-state index in [1.54, 1.807) is 6.07 Å². The predicted octanol–water partition coefficient (Wildman–Crippen LogP) is 4.46. The molecule has 0 saturated heterocycles. The highest BCUT2D eigenvalue weighted by Gasteiger charge is 2.21. The topological polar surface area (TPSA) is 20.2 Å². The second kappa shape index (κ2) is 5.34. The molecule has 2 rings (SSSR count). The van der Waals surface area contributed by atoms with Crippen LogP contribution < -0.4 is 0 Å². The summed E-state index contributed by atoms with van der Waals surface area (Å²) in [4.78, 5) is 0. The Morgan fingerprint density at radius 3 is 2.44 bits per heavy atom. The summed E-state index contributed by atoms with van der Waals surface area (Å²) in [5.41, 5.74) is -0.0241. The molecule has 1 N–H and O–H groups in total. The molecule has 0 spiro atoms. The van der Waals surface area contributed by atoms with Gasteiger partial charge in [0.05, 0.1) is 0 Å². The predicted molar refractivity (Wildman–Crippen MR) is 69.6 cm³/mol. The number of aliphatic hydroxyl groups excluding tert-OH is 1. The van der Waals surface area contributed by atoms with Gasteiger partial charge in [0.1, 0.15) is 17.7 Å². The van der Waals surface area contributed by atoms with Gasteiger partial charge in [0.25, 0.3) is 0 Å². The summed E-state index contributed by atoms with van der Waals surface area (Å²) >= 11 is 8.76. The van der Waals surface area contributed by atoms with Crippen molar-refractivity contribution in [3.8, 4) is 0 Å². The molecule has 0 aliphatic rings. The number of aliphatic hydroxyl groups is 1. The zero-order valence-electron chi connectivity index (χ0n) is 9.00. The van der Waals surface area contributed by atoms with Crippen molar-refractivity contribution in [3.05, 3.63) is 68.7 Å². The lowest BCUT2D eigenvalue weighted by Crippen LogP contribution is -2.06. The van der Waals surface area contributed by atoms with E-state index in [0.717, 1.165) is 6.07 Å². The van der Waals surface area contributed by atoms with E-state index in [1.807, 2.05) is 0 Å². The number of halogens is 4. The fraction of sp³-hybridized carbons (Fsp3) is 0.0769. The van der Waals surface area contributed by atoms with E-state index in [1.165, 1.54) is 24.3 Å². The van der Waals surface area contributed by atoms with E-state index in [4.69, 9.17) is 11.6 Å². The standard InChI is InChI=1S/C13H8BrClF2O/c14-9-2-1-3-10(16)12(9)13(18)8-5-4-7(15)6-11(8)17/h1-6,13,18H. The minimum Gasteiger partial charge on any atom is -0.383 e. The lowest BCUT2D eigenvalue weighted by atomic mass is 10.0. The molecule has 1 atom stereocenters. The van der Waals surface area contributed by atoms with Crippen molar-refractivity contribution in [2.45, 2.75) is 6.10 Å². The molecule has 1 nitrogen and oxygen atoms in total. The summed E-state index contributed by atoms with van der Waals surface area (Å²) in [5, 5.41) is 10.3. The number of rotatable bonds is 2. The van der Waals surface area contributed by atoms with Crippen LogP contribution in [0.5, 0.6) is 0 Å². The van der Waals surface area contributed by atoms with Crippen LogP contribution in [0.15, 0.2) is 40.9 Å². The summed E-state index contributed by atoms with van der Waals surface area (Å²) in [6, 6.07) is 8.13. The molecule has 0 aliphatic heterocycles. The van der Waals surface area contributed by atoms with E-state index in [0.29, 0.717) is 4.47 Å². The van der Waals surface area contributed by atoms with E-state index in [-0.39, 0.29) is 16.1 Å². The Hall–Kier alpha value is -0.970. The van der Waals surface area contributed by atoms with Crippen molar-refractivity contribution in [1.82, 2.24) is 0 Å². The van der Waals surface area contributed by atoms with Gasteiger partial charge in [-0.25, -0.2) is 8.78 Å². The lowest BCUT2D eigenvalue weighted by molar-refractivity contribution is 0.209. The minimum atomic E-state index is -1.39. The van der Waals surface area contributed by atoms with Gasteiger partial charge >= 0.3 is 0 Å². The Kier molecular flexibility index (Phi) is 4.00. The van der Waals surface area contributed by atoms with Gasteiger partial charge in [0.15, 0.2) is 0 Å². The highest BCUT2D eigenvalue weighted by Crippen LogP contribution is 2.32. The van der Waals surface area contributed by atoms with Crippen LogP contribution in [0.4, 0.5) is 8.78 Å². The van der Waals surface area contributed by atoms with Crippen LogP contribution in [0.1, 0.15) is 17.2 Å². The monoisotopic (exact) mass is 332 g/mol. The van der Waals surface area contributed by atoms with Gasteiger partial charge in [-0.15, -0.1) is 0 Å². The average Bonchev–Trinajstić information content (AvgIpc) is 2.28. The first kappa shape index (κ1) is 13.5. The maximum atomic E-state index is 13.7. The Balaban J connectivity index is 2.51. The summed E-state index contributed by atoms with van der Waals surface area (Å²) in [5.74, 6) is -1.28. The zero-order chi connectivity index (χ0) is 13.3. The molecule has 2 aromatic carbocycles. The molecule has 2 aromatic rings. The lowest BCUT2D eigenvalue weighted by Gasteiger charge is -2.15. The molecule has 18 heavy (non-hydrogen) atoms. The third-order valence-electron chi connectivity index (χ3n) is 2.53. The smallest absolute Gasteiger partial charge is 0.130 e. The third kappa shape index (κ3) is 2.55. The fourth-order valence-electron chi connectivity index (χ4n) is 1.65. The number of hydrogen-bond donors (Lipinski definition) is 1. The number of hydrogen-bond acceptors (Lipinski definition) is 1. The van der Waals surface area contributed by atoms with Gasteiger partial charge < -0.3 is 5.11 Å². The second-order valence-corrected chi connectivity index (χ2v) is 4.99. The van der Waals surface area contributed by atoms with Crippen LogP contribution in [-0.2, 0) is 0 Å². The molecule has 0 radical (unpaired) electrons. The van der Waals surface area contributed by atoms with Crippen molar-refractivity contribution < 1.29 is 13.9 Å². The first-order valence-electron chi connectivity index (χ1n) is 5.07. The molecule has 0 aromatic heterocycles. The van der Waals surface area contributed by atoms with Gasteiger partial charge in [-0.1, -0.05) is 39.7 Å². The quantitative estimate of drug-likeness (QED) is 0.860. The van der Waals surface area contributed by atoms with Crippen LogP contribution in [0.25, 0.3) is 0 Å². The Bertz CT molecular complexity index is 569. The van der Waals surface area contributed by atoms with Crippen LogP contribution in [0, 0.1) is 11.6 Å². The SMILES string of the molecule is OC(c1ccc(Cl)cc1F)c1c(F)cccc1Br. The Labute approximate surface area is 116 Å². The van der Waals surface area contributed by atoms with Gasteiger partial charge in [-0.05, 0) is 24.3 Å². The number of benzene rings is 2. The average molecular weight is 334 g/mol. The maximum Gasteiger partial charge on any atom is 0.130 e. The normalized spacial score (nSPS) is 12.5. The summed E-state index contributed by atoms with van der Waals surface area (Å²) in [7, 11) is 0. The van der Waals surface area contributed by atoms with E-state index < -0.39 is 17.7 Å². The third-order valence-corrected chi connectivity index (χ3v) is 3.46. The minimum absolute atomic E-state index is 0.00118. The first-order valence-corrected chi connectivity index (χ1v) is 6.24. The van der Waals surface area contributed by atoms with Gasteiger partial charge in [-0.3, -0.25) is 0 Å². The van der Waals surface area contributed by atoms with Crippen molar-refractivity contribution in [2.24, 2.45) is 0 Å². The molecule has 0 aliphatic carbocycles. The molecule has 5 heteroatoms. The van der Waals surface area contributed by atoms with Crippen molar-refractivity contribution >= 4 is 27.5 Å². The molecule has 0 amide bonds. The van der Waals surface area contributed by atoms with Crippen LogP contribution in [0.2, 0.25) is 5.02 Å². The Morgan fingerprint density at radius 1 is 1.11 bits per heavy atom. The highest BCUT2D eigenvalue weighted by atomic mass is 79.9. The molecule has 0 bridgehead atoms. The maximum absolute atomic E-state index is 13.7. The summed E-state index contributed by atoms with van der Waals surface area (Å²) < 4.78 is 27.7. The molecule has 1 unspecified atom stereocenters. The molecular formula is C13H8BrClF2O. The first-order chi connectivity index (χ1) is 8.50. The summed E-state index contributed by atoms with van der Waals surface area (Å²) in [6.45, 7) is 0. The fourth-order valence-corrected chi connectivity index (χ4v) is 2.37. The second-order valence-electron chi connectivity index (χ2n) is 3.70. The van der Waals surface area contributed by atoms with E-state index in [2.05, 4.69) is 15.9 Å². The van der Waals surface area contributed by atoms with Crippen molar-refractivity contribution in [2.75, 3.05) is 0 Å². The molecule has 0 fully saturated rings. The van der Waals surface area contributed by atoms with Crippen LogP contribution in [-0.4, -0.2) is 5.11 Å². The molecule has 94 valence electrons. The highest BCUT2D eigenvalue weighted by molar-refractivity contribution is 9.10. The van der Waals surface area contributed by atoms with E-state index in [9.17, 15) is 13.9 Å². The van der Waals surface area contributed by atoms with Crippen molar-refractivity contribution in [1.29, 1.82) is 0 Å². The van der Waals surface area contributed by atoms with Crippen LogP contribution >= 0.6 is 27.5 Å². The zero-order valence-corrected chi connectivity index (χ0v) is 11.3. The van der Waals surface area contributed by atoms with Gasteiger partial charge in [-0.2, -0.15) is 0 Å². The summed E-state index contributed by atoms with van der Waals surface area (Å²) in [6.07, 6.45) is -1.39. The molecular weight excluding hydrogens is 325 g/mol. The van der Waals surface area contributed by atoms with Gasteiger partial charge in [0, 0.05) is 20.6 Å². The molecule has 0 saturated carbocycles.